The molecule has 24 heavy (non-hydrogen) atoms. The van der Waals surface area contributed by atoms with Crippen LogP contribution in [0.4, 0.5) is 0 Å². The Hall–Kier alpha value is -0.570. The number of ether oxygens (including phenoxy) is 2. The summed E-state index contributed by atoms with van der Waals surface area (Å²) in [5.74, 6) is 2.73. The minimum atomic E-state index is -0.167. The number of carbonyl (C=O) groups excluding carboxylic acids is 1. The molecule has 2 fully saturated rings. The van der Waals surface area contributed by atoms with Crippen molar-refractivity contribution >= 4 is 5.97 Å². The van der Waals surface area contributed by atoms with Crippen LogP contribution in [0.3, 0.4) is 0 Å². The van der Waals surface area contributed by atoms with Gasteiger partial charge in [-0.05, 0) is 56.3 Å². The molecule has 0 unspecified atom stereocenters. The Balaban J connectivity index is 1.57. The highest BCUT2D eigenvalue weighted by atomic mass is 16.7. The first-order chi connectivity index (χ1) is 11.7. The quantitative estimate of drug-likeness (QED) is 0.300. The van der Waals surface area contributed by atoms with Gasteiger partial charge < -0.3 is 9.47 Å². The van der Waals surface area contributed by atoms with Crippen molar-refractivity contribution in [2.75, 3.05) is 6.79 Å². The van der Waals surface area contributed by atoms with Gasteiger partial charge in [-0.15, -0.1) is 0 Å². The van der Waals surface area contributed by atoms with Crippen molar-refractivity contribution in [3.8, 4) is 0 Å². The monoisotopic (exact) mass is 338 g/mol. The molecule has 0 aromatic rings. The van der Waals surface area contributed by atoms with Crippen molar-refractivity contribution in [3.63, 3.8) is 0 Å². The molecule has 3 heteroatoms. The second-order valence-corrected chi connectivity index (χ2v) is 7.97. The fourth-order valence-corrected chi connectivity index (χ4v) is 4.66. The van der Waals surface area contributed by atoms with E-state index in [0.717, 1.165) is 30.6 Å². The number of hydrogen-bond donors (Lipinski definition) is 0. The van der Waals surface area contributed by atoms with Crippen molar-refractivity contribution in [1.82, 2.24) is 0 Å². The molecule has 0 radical (unpaired) electrons. The zero-order chi connectivity index (χ0) is 17.2. The van der Waals surface area contributed by atoms with E-state index in [1.807, 2.05) is 6.92 Å². The molecule has 3 nitrogen and oxygen atoms in total. The molecule has 0 atom stereocenters. The molecular formula is C21H38O3. The van der Waals surface area contributed by atoms with E-state index in [2.05, 4.69) is 6.92 Å². The molecule has 0 aromatic carbocycles. The van der Waals surface area contributed by atoms with Crippen LogP contribution < -0.4 is 0 Å². The van der Waals surface area contributed by atoms with Gasteiger partial charge in [0.2, 0.25) is 0 Å². The third kappa shape index (κ3) is 6.74. The smallest absolute Gasteiger partial charge is 0.307 e. The maximum atomic E-state index is 11.1. The van der Waals surface area contributed by atoms with E-state index in [9.17, 15) is 4.79 Å². The number of carbonyl (C=O) groups is 1. The highest BCUT2D eigenvalue weighted by Crippen LogP contribution is 2.41. The van der Waals surface area contributed by atoms with Crippen molar-refractivity contribution in [3.05, 3.63) is 0 Å². The van der Waals surface area contributed by atoms with E-state index < -0.39 is 0 Å². The van der Waals surface area contributed by atoms with Crippen LogP contribution in [0.1, 0.15) is 97.3 Å². The summed E-state index contributed by atoms with van der Waals surface area (Å²) in [4.78, 5) is 11.1. The Bertz CT molecular complexity index is 339. The summed E-state index contributed by atoms with van der Waals surface area (Å²) in [6.07, 6.45) is 17.2. The third-order valence-electron chi connectivity index (χ3n) is 6.31. The molecule has 2 aliphatic carbocycles. The summed E-state index contributed by atoms with van der Waals surface area (Å²) >= 11 is 0. The van der Waals surface area contributed by atoms with Gasteiger partial charge in [0.05, 0.1) is 6.10 Å². The second-order valence-electron chi connectivity index (χ2n) is 7.97. The maximum absolute atomic E-state index is 11.1. The van der Waals surface area contributed by atoms with E-state index in [1.165, 1.54) is 64.2 Å². The lowest BCUT2D eigenvalue weighted by Crippen LogP contribution is -2.29. The van der Waals surface area contributed by atoms with Crippen LogP contribution in [0.25, 0.3) is 0 Å². The van der Waals surface area contributed by atoms with Gasteiger partial charge in [0.1, 0.15) is 0 Å². The second kappa shape index (κ2) is 11.1. The standard InChI is InChI=1S/C21H38O3/c1-3-5-6-7-17-8-10-18(11-9-17)19-12-14-20(15-13-19)23-16-24-21(22)4-2/h17-20H,3-16H2,1-2H3. The first-order valence-electron chi connectivity index (χ1n) is 10.5. The summed E-state index contributed by atoms with van der Waals surface area (Å²) in [6.45, 7) is 4.25. The zero-order valence-corrected chi connectivity index (χ0v) is 15.9. The fraction of sp³-hybridized carbons (Fsp3) is 0.952. The van der Waals surface area contributed by atoms with Crippen LogP contribution >= 0.6 is 0 Å². The van der Waals surface area contributed by atoms with Crippen LogP contribution in [0.15, 0.2) is 0 Å². The van der Waals surface area contributed by atoms with E-state index in [0.29, 0.717) is 12.5 Å². The predicted molar refractivity (Wildman–Crippen MR) is 97.7 cm³/mol. The van der Waals surface area contributed by atoms with E-state index in [1.54, 1.807) is 0 Å². The Morgan fingerprint density at radius 2 is 1.50 bits per heavy atom. The molecule has 0 aromatic heterocycles. The largest absolute Gasteiger partial charge is 0.438 e. The van der Waals surface area contributed by atoms with E-state index in [-0.39, 0.29) is 12.8 Å². The number of unbranched alkanes of at least 4 members (excludes halogenated alkanes) is 2. The van der Waals surface area contributed by atoms with E-state index >= 15 is 0 Å². The lowest BCUT2D eigenvalue weighted by molar-refractivity contribution is -0.162. The number of hydrogen-bond acceptors (Lipinski definition) is 3. The topological polar surface area (TPSA) is 35.5 Å². The van der Waals surface area contributed by atoms with Gasteiger partial charge in [-0.2, -0.15) is 0 Å². The fourth-order valence-electron chi connectivity index (χ4n) is 4.66. The normalized spacial score (nSPS) is 30.9. The summed E-state index contributed by atoms with van der Waals surface area (Å²) in [6, 6.07) is 0. The van der Waals surface area contributed by atoms with Gasteiger partial charge in [0.15, 0.2) is 6.79 Å². The summed E-state index contributed by atoms with van der Waals surface area (Å²) < 4.78 is 10.7. The molecule has 0 heterocycles. The molecule has 2 aliphatic rings. The Morgan fingerprint density at radius 1 is 0.875 bits per heavy atom. The van der Waals surface area contributed by atoms with Crippen LogP contribution in [0.2, 0.25) is 0 Å². The van der Waals surface area contributed by atoms with Gasteiger partial charge in [-0.3, -0.25) is 4.79 Å². The highest BCUT2D eigenvalue weighted by Gasteiger charge is 2.31. The predicted octanol–water partition coefficient (Wildman–Crippen LogP) is 5.86. The summed E-state index contributed by atoms with van der Waals surface area (Å²) in [5.41, 5.74) is 0. The van der Waals surface area contributed by atoms with Crippen LogP contribution in [-0.2, 0) is 14.3 Å². The molecule has 0 saturated heterocycles. The van der Waals surface area contributed by atoms with Crippen molar-refractivity contribution in [2.24, 2.45) is 17.8 Å². The highest BCUT2D eigenvalue weighted by molar-refractivity contribution is 5.68. The molecule has 0 spiro atoms. The summed E-state index contributed by atoms with van der Waals surface area (Å²) in [7, 11) is 0. The molecule has 2 rings (SSSR count). The molecule has 2 saturated carbocycles. The van der Waals surface area contributed by atoms with Gasteiger partial charge in [-0.1, -0.05) is 52.4 Å². The van der Waals surface area contributed by atoms with Gasteiger partial charge in [0, 0.05) is 6.42 Å². The minimum Gasteiger partial charge on any atom is -0.438 e. The van der Waals surface area contributed by atoms with Crippen LogP contribution in [0, 0.1) is 17.8 Å². The Kier molecular flexibility index (Phi) is 9.15. The molecule has 0 N–H and O–H groups in total. The van der Waals surface area contributed by atoms with Crippen molar-refractivity contribution in [1.29, 1.82) is 0 Å². The Labute approximate surface area is 148 Å². The number of esters is 1. The Morgan fingerprint density at radius 3 is 2.08 bits per heavy atom. The molecule has 0 amide bonds. The van der Waals surface area contributed by atoms with Gasteiger partial charge in [0.25, 0.3) is 0 Å². The van der Waals surface area contributed by atoms with Gasteiger partial charge in [-0.25, -0.2) is 0 Å². The zero-order valence-electron chi connectivity index (χ0n) is 15.9. The van der Waals surface area contributed by atoms with E-state index in [4.69, 9.17) is 9.47 Å². The first kappa shape index (κ1) is 19.8. The third-order valence-corrected chi connectivity index (χ3v) is 6.31. The summed E-state index contributed by atoms with van der Waals surface area (Å²) in [5, 5.41) is 0. The van der Waals surface area contributed by atoms with Crippen LogP contribution in [-0.4, -0.2) is 18.9 Å². The number of rotatable bonds is 9. The van der Waals surface area contributed by atoms with Gasteiger partial charge >= 0.3 is 5.97 Å². The van der Waals surface area contributed by atoms with Crippen molar-refractivity contribution in [2.45, 2.75) is 103 Å². The average molecular weight is 339 g/mol. The van der Waals surface area contributed by atoms with Crippen LogP contribution in [0.5, 0.6) is 0 Å². The molecule has 0 bridgehead atoms. The SMILES string of the molecule is CCCCCC1CCC(C2CCC(OCOC(=O)CC)CC2)CC1. The maximum Gasteiger partial charge on any atom is 0.307 e. The lowest BCUT2D eigenvalue weighted by Gasteiger charge is -2.37. The van der Waals surface area contributed by atoms with Crippen molar-refractivity contribution < 1.29 is 14.3 Å². The molecular weight excluding hydrogens is 300 g/mol. The molecule has 140 valence electrons. The minimum absolute atomic E-state index is 0.144. The lowest BCUT2D eigenvalue weighted by atomic mass is 9.70. The first-order valence-corrected chi connectivity index (χ1v) is 10.5. The molecule has 0 aliphatic heterocycles. The average Bonchev–Trinajstić information content (AvgIpc) is 2.63.